The molecule has 4 nitrogen and oxygen atoms in total. The van der Waals surface area contributed by atoms with Gasteiger partial charge in [0.2, 0.25) is 0 Å². The molecule has 0 fully saturated rings. The van der Waals surface area contributed by atoms with Gasteiger partial charge in [-0.2, -0.15) is 5.10 Å². The Morgan fingerprint density at radius 2 is 2.24 bits per heavy atom. The number of hydrogen-bond acceptors (Lipinski definition) is 3. The highest BCUT2D eigenvalue weighted by Gasteiger charge is 2.00. The predicted molar refractivity (Wildman–Crippen MR) is 69.2 cm³/mol. The first-order valence-electron chi connectivity index (χ1n) is 5.56. The Kier molecular flexibility index (Phi) is 3.64. The molecule has 2 aromatic heterocycles. The molecule has 0 aliphatic rings. The molecule has 0 amide bonds. The van der Waals surface area contributed by atoms with Crippen LogP contribution < -0.4 is 5.32 Å². The molecule has 90 valence electrons. The average molecular weight is 251 g/mol. The maximum Gasteiger partial charge on any atom is 0.132 e. The van der Waals surface area contributed by atoms with Gasteiger partial charge in [0.05, 0.1) is 18.1 Å². The summed E-state index contributed by atoms with van der Waals surface area (Å²) >= 11 is 5.87. The van der Waals surface area contributed by atoms with E-state index in [4.69, 9.17) is 11.6 Å². The van der Waals surface area contributed by atoms with Crippen molar-refractivity contribution in [3.63, 3.8) is 0 Å². The van der Waals surface area contributed by atoms with E-state index in [1.807, 2.05) is 30.1 Å². The van der Waals surface area contributed by atoms with Crippen molar-refractivity contribution in [3.05, 3.63) is 40.9 Å². The van der Waals surface area contributed by atoms with Crippen LogP contribution in [0.4, 0.5) is 5.69 Å². The van der Waals surface area contributed by atoms with E-state index in [1.165, 1.54) is 0 Å². The zero-order chi connectivity index (χ0) is 12.3. The number of aryl methyl sites for hydroxylation is 2. The number of nitrogens with one attached hydrogen (secondary N) is 1. The van der Waals surface area contributed by atoms with Crippen molar-refractivity contribution >= 4 is 17.3 Å². The summed E-state index contributed by atoms with van der Waals surface area (Å²) in [4.78, 5) is 4.09. The minimum Gasteiger partial charge on any atom is -0.380 e. The van der Waals surface area contributed by atoms with Crippen molar-refractivity contribution in [3.8, 4) is 0 Å². The molecule has 0 aliphatic carbocycles. The van der Waals surface area contributed by atoms with Crippen molar-refractivity contribution in [2.45, 2.75) is 26.9 Å². The summed E-state index contributed by atoms with van der Waals surface area (Å²) in [6, 6.07) is 1.99. The van der Waals surface area contributed by atoms with Crippen LogP contribution in [0.2, 0.25) is 5.15 Å². The number of anilines is 1. The first-order valence-corrected chi connectivity index (χ1v) is 5.94. The minimum atomic E-state index is 0.550. The van der Waals surface area contributed by atoms with E-state index < -0.39 is 0 Å². The minimum absolute atomic E-state index is 0.550. The molecule has 0 saturated carbocycles. The zero-order valence-electron chi connectivity index (χ0n) is 9.94. The molecule has 17 heavy (non-hydrogen) atoms. The lowest BCUT2D eigenvalue weighted by Gasteiger charge is -2.05. The Morgan fingerprint density at radius 1 is 1.41 bits per heavy atom. The summed E-state index contributed by atoms with van der Waals surface area (Å²) in [6.07, 6.45) is 5.63. The number of halogens is 1. The Balaban J connectivity index is 1.99. The molecule has 5 heteroatoms. The maximum atomic E-state index is 5.87. The fraction of sp³-hybridized carbons (Fsp3) is 0.333. The first-order chi connectivity index (χ1) is 8.19. The van der Waals surface area contributed by atoms with Crippen LogP contribution in [0.5, 0.6) is 0 Å². The van der Waals surface area contributed by atoms with Crippen LogP contribution in [-0.4, -0.2) is 14.8 Å². The number of aromatic nitrogens is 3. The molecule has 0 unspecified atom stereocenters. The van der Waals surface area contributed by atoms with E-state index in [1.54, 1.807) is 6.20 Å². The topological polar surface area (TPSA) is 42.7 Å². The molecule has 0 atom stereocenters. The first kappa shape index (κ1) is 11.9. The number of nitrogens with zero attached hydrogens (tertiary/aromatic N) is 3. The molecule has 0 aliphatic heterocycles. The lowest BCUT2D eigenvalue weighted by Crippen LogP contribution is -1.99. The van der Waals surface area contributed by atoms with Crippen molar-refractivity contribution in [2.24, 2.45) is 0 Å². The third kappa shape index (κ3) is 2.97. The predicted octanol–water partition coefficient (Wildman–Crippen LogP) is 2.87. The van der Waals surface area contributed by atoms with E-state index in [0.29, 0.717) is 5.15 Å². The summed E-state index contributed by atoms with van der Waals surface area (Å²) < 4.78 is 1.91. The van der Waals surface area contributed by atoms with E-state index in [0.717, 1.165) is 29.9 Å². The highest BCUT2D eigenvalue weighted by Crippen LogP contribution is 2.16. The second kappa shape index (κ2) is 5.19. The van der Waals surface area contributed by atoms with Gasteiger partial charge in [-0.15, -0.1) is 0 Å². The molecule has 2 heterocycles. The van der Waals surface area contributed by atoms with E-state index >= 15 is 0 Å². The van der Waals surface area contributed by atoms with Crippen molar-refractivity contribution < 1.29 is 0 Å². The molecule has 0 spiro atoms. The molecular weight excluding hydrogens is 236 g/mol. The van der Waals surface area contributed by atoms with Crippen molar-refractivity contribution in [1.82, 2.24) is 14.8 Å². The normalized spacial score (nSPS) is 10.5. The molecule has 0 saturated heterocycles. The quantitative estimate of drug-likeness (QED) is 0.849. The standard InChI is InChI=1S/C12H15ClN4/c1-3-17-8-10(6-16-17)5-14-11-4-9(2)12(13)15-7-11/h4,6-8,14H,3,5H2,1-2H3. The van der Waals surface area contributed by atoms with E-state index in [2.05, 4.69) is 22.3 Å². The Hall–Kier alpha value is -1.55. The van der Waals surface area contributed by atoms with Crippen LogP contribution >= 0.6 is 11.6 Å². The molecule has 2 aromatic rings. The van der Waals surface area contributed by atoms with Gasteiger partial charge in [0, 0.05) is 24.8 Å². The summed E-state index contributed by atoms with van der Waals surface area (Å²) in [5.41, 5.74) is 3.09. The fourth-order valence-corrected chi connectivity index (χ4v) is 1.63. The molecule has 2 rings (SSSR count). The number of pyridine rings is 1. The Labute approximate surface area is 106 Å². The zero-order valence-corrected chi connectivity index (χ0v) is 10.7. The summed E-state index contributed by atoms with van der Waals surface area (Å²) in [6.45, 7) is 5.64. The smallest absolute Gasteiger partial charge is 0.132 e. The summed E-state index contributed by atoms with van der Waals surface area (Å²) in [5, 5.41) is 8.06. The van der Waals surface area contributed by atoms with Crippen LogP contribution in [0.1, 0.15) is 18.1 Å². The Morgan fingerprint density at radius 3 is 2.88 bits per heavy atom. The van der Waals surface area contributed by atoms with Crippen LogP contribution in [0.15, 0.2) is 24.7 Å². The second-order valence-corrected chi connectivity index (χ2v) is 4.25. The SMILES string of the molecule is CCn1cc(CNc2cnc(Cl)c(C)c2)cn1. The van der Waals surface area contributed by atoms with Crippen LogP contribution in [0, 0.1) is 6.92 Å². The maximum absolute atomic E-state index is 5.87. The lowest BCUT2D eigenvalue weighted by molar-refractivity contribution is 0.659. The van der Waals surface area contributed by atoms with Gasteiger partial charge < -0.3 is 5.32 Å². The van der Waals surface area contributed by atoms with Gasteiger partial charge >= 0.3 is 0 Å². The number of rotatable bonds is 4. The molecule has 1 N–H and O–H groups in total. The fourth-order valence-electron chi connectivity index (χ4n) is 1.53. The average Bonchev–Trinajstić information content (AvgIpc) is 2.79. The molecule has 0 radical (unpaired) electrons. The third-order valence-electron chi connectivity index (χ3n) is 2.52. The van der Waals surface area contributed by atoms with E-state index in [-0.39, 0.29) is 0 Å². The van der Waals surface area contributed by atoms with Crippen LogP contribution in [0.3, 0.4) is 0 Å². The lowest BCUT2D eigenvalue weighted by atomic mass is 10.3. The Bertz CT molecular complexity index is 507. The molecular formula is C12H15ClN4. The third-order valence-corrected chi connectivity index (χ3v) is 2.92. The summed E-state index contributed by atoms with van der Waals surface area (Å²) in [7, 11) is 0. The second-order valence-electron chi connectivity index (χ2n) is 3.89. The van der Waals surface area contributed by atoms with Gasteiger partial charge in [-0.1, -0.05) is 11.6 Å². The summed E-state index contributed by atoms with van der Waals surface area (Å²) in [5.74, 6) is 0. The van der Waals surface area contributed by atoms with E-state index in [9.17, 15) is 0 Å². The molecule has 0 aromatic carbocycles. The van der Waals surface area contributed by atoms with Gasteiger partial charge in [-0.25, -0.2) is 4.98 Å². The highest BCUT2D eigenvalue weighted by molar-refractivity contribution is 6.30. The molecule has 0 bridgehead atoms. The van der Waals surface area contributed by atoms with Crippen molar-refractivity contribution in [2.75, 3.05) is 5.32 Å². The van der Waals surface area contributed by atoms with Crippen molar-refractivity contribution in [1.29, 1.82) is 0 Å². The van der Waals surface area contributed by atoms with Gasteiger partial charge in [0.25, 0.3) is 0 Å². The monoisotopic (exact) mass is 250 g/mol. The van der Waals surface area contributed by atoms with Crippen LogP contribution in [0.25, 0.3) is 0 Å². The highest BCUT2D eigenvalue weighted by atomic mass is 35.5. The largest absolute Gasteiger partial charge is 0.380 e. The van der Waals surface area contributed by atoms with Crippen LogP contribution in [-0.2, 0) is 13.1 Å². The van der Waals surface area contributed by atoms with Gasteiger partial charge in [-0.3, -0.25) is 4.68 Å². The van der Waals surface area contributed by atoms with Gasteiger partial charge in [0.1, 0.15) is 5.15 Å². The number of hydrogen-bond donors (Lipinski definition) is 1. The van der Waals surface area contributed by atoms with Gasteiger partial charge in [-0.05, 0) is 25.5 Å². The van der Waals surface area contributed by atoms with Gasteiger partial charge in [0.15, 0.2) is 0 Å².